The van der Waals surface area contributed by atoms with Crippen LogP contribution in [0.1, 0.15) is 162 Å². The summed E-state index contributed by atoms with van der Waals surface area (Å²) in [7, 11) is 1.81. The van der Waals surface area contributed by atoms with E-state index >= 15 is 0 Å². The molecule has 0 saturated carbocycles. The van der Waals surface area contributed by atoms with Gasteiger partial charge in [-0.15, -0.1) is 0 Å². The van der Waals surface area contributed by atoms with Crippen molar-refractivity contribution >= 4 is 0 Å². The van der Waals surface area contributed by atoms with Gasteiger partial charge in [-0.3, -0.25) is 4.39 Å². The van der Waals surface area contributed by atoms with Crippen LogP contribution in [0, 0.1) is 0 Å². The maximum Gasteiger partial charge on any atom is 0.167 e. The monoisotopic (exact) mass is 458 g/mol. The molecule has 0 heterocycles. The van der Waals surface area contributed by atoms with Gasteiger partial charge in [-0.25, -0.2) is 0 Å². The quantitative estimate of drug-likeness (QED) is 0.0900. The van der Waals surface area contributed by atoms with E-state index in [2.05, 4.69) is 13.8 Å². The van der Waals surface area contributed by atoms with Gasteiger partial charge in [0.15, 0.2) is 5.79 Å². The van der Waals surface area contributed by atoms with E-state index in [1.807, 2.05) is 7.11 Å². The molecule has 0 saturated heterocycles. The van der Waals surface area contributed by atoms with Gasteiger partial charge in [-0.05, 0) is 25.7 Å². The fourth-order valence-corrected chi connectivity index (χ4v) is 4.58. The first kappa shape index (κ1) is 31.9. The molecule has 0 aromatic rings. The van der Waals surface area contributed by atoms with E-state index in [9.17, 15) is 4.39 Å². The summed E-state index contributed by atoms with van der Waals surface area (Å²) in [6.07, 6.45) is 29.1. The molecule has 0 aliphatic rings. The van der Waals surface area contributed by atoms with Crippen LogP contribution in [0.4, 0.5) is 4.39 Å². The van der Waals surface area contributed by atoms with E-state index in [0.29, 0.717) is 0 Å². The Morgan fingerprint density at radius 2 is 0.938 bits per heavy atom. The van der Waals surface area contributed by atoms with Crippen molar-refractivity contribution in [3.8, 4) is 0 Å². The molecule has 0 bridgehead atoms. The van der Waals surface area contributed by atoms with E-state index in [1.165, 1.54) is 116 Å². The summed E-state index contributed by atoms with van der Waals surface area (Å²) in [4.78, 5) is 0. The lowest BCUT2D eigenvalue weighted by Crippen LogP contribution is -2.34. The number of hydrogen-bond acceptors (Lipinski definition) is 2. The number of ether oxygens (including phenoxy) is 2. The molecule has 0 aromatic carbocycles. The normalized spacial score (nSPS) is 13.5. The Kier molecular flexibility index (Phi) is 25.4. The maximum absolute atomic E-state index is 12.1. The molecular formula is C29H59FO2. The molecular weight excluding hydrogens is 399 g/mol. The van der Waals surface area contributed by atoms with Crippen molar-refractivity contribution in [3.05, 3.63) is 0 Å². The highest BCUT2D eigenvalue weighted by Crippen LogP contribution is 2.26. The maximum atomic E-state index is 12.1. The Morgan fingerprint density at radius 3 is 1.34 bits per heavy atom. The van der Waals surface area contributed by atoms with Crippen LogP contribution in [0.5, 0.6) is 0 Å². The van der Waals surface area contributed by atoms with Crippen LogP contribution < -0.4 is 0 Å². The predicted molar refractivity (Wildman–Crippen MR) is 139 cm³/mol. The van der Waals surface area contributed by atoms with Crippen LogP contribution in [0.2, 0.25) is 0 Å². The first-order valence-electron chi connectivity index (χ1n) is 14.5. The number of halogens is 1. The third kappa shape index (κ3) is 20.5. The Balaban J connectivity index is 3.58. The van der Waals surface area contributed by atoms with Crippen LogP contribution in [0.3, 0.4) is 0 Å². The number of hydrogen-bond donors (Lipinski definition) is 0. The molecule has 2 nitrogen and oxygen atoms in total. The Morgan fingerprint density at radius 1 is 0.531 bits per heavy atom. The van der Waals surface area contributed by atoms with Gasteiger partial charge in [0.25, 0.3) is 0 Å². The van der Waals surface area contributed by atoms with E-state index in [-0.39, 0.29) is 12.5 Å². The zero-order valence-electron chi connectivity index (χ0n) is 22.4. The minimum absolute atomic E-state index is 0.157. The molecule has 194 valence electrons. The molecule has 0 N–H and O–H groups in total. The summed E-state index contributed by atoms with van der Waals surface area (Å²) in [5.41, 5.74) is 0. The summed E-state index contributed by atoms with van der Waals surface area (Å²) in [6.45, 7) is 5.12. The van der Waals surface area contributed by atoms with Crippen LogP contribution >= 0.6 is 0 Å². The second-order valence-corrected chi connectivity index (χ2v) is 9.83. The predicted octanol–water partition coefficient (Wildman–Crippen LogP) is 10.3. The van der Waals surface area contributed by atoms with Gasteiger partial charge in [0, 0.05) is 13.5 Å². The van der Waals surface area contributed by atoms with Crippen molar-refractivity contribution in [2.75, 3.05) is 20.4 Å². The number of rotatable bonds is 27. The second kappa shape index (κ2) is 25.5. The second-order valence-electron chi connectivity index (χ2n) is 9.83. The summed E-state index contributed by atoms with van der Waals surface area (Å²) < 4.78 is 24.1. The first-order chi connectivity index (χ1) is 15.7. The third-order valence-electron chi connectivity index (χ3n) is 6.96. The van der Waals surface area contributed by atoms with Crippen molar-refractivity contribution in [2.24, 2.45) is 0 Å². The molecule has 0 spiro atoms. The summed E-state index contributed by atoms with van der Waals surface area (Å²) in [6, 6.07) is 0. The molecule has 0 amide bonds. The summed E-state index contributed by atoms with van der Waals surface area (Å²) in [5, 5.41) is 0. The summed E-state index contributed by atoms with van der Waals surface area (Å²) in [5.74, 6) is -0.371. The average molecular weight is 459 g/mol. The lowest BCUT2D eigenvalue weighted by atomic mass is 10.0. The fraction of sp³-hybridized carbons (Fsp3) is 1.00. The Labute approximate surface area is 201 Å². The first-order valence-corrected chi connectivity index (χ1v) is 14.5. The fourth-order valence-electron chi connectivity index (χ4n) is 4.58. The standard InChI is InChI=1S/C29H59FO2/c1-4-6-7-8-9-10-11-12-13-14-17-20-23-26-29(5-2,31-3)32-28-25-22-19-16-15-18-21-24-27-30/h4-28H2,1-3H3. The van der Waals surface area contributed by atoms with Gasteiger partial charge >= 0.3 is 0 Å². The van der Waals surface area contributed by atoms with Crippen molar-refractivity contribution in [2.45, 2.75) is 167 Å². The SMILES string of the molecule is CCCCCCCCCCCCCCCC(CC)(OC)OCCCCCCCCCCF. The van der Waals surface area contributed by atoms with Gasteiger partial charge in [0.05, 0.1) is 13.3 Å². The molecule has 32 heavy (non-hydrogen) atoms. The topological polar surface area (TPSA) is 18.5 Å². The Bertz CT molecular complexity index is 344. The minimum atomic E-state index is -0.371. The molecule has 0 fully saturated rings. The smallest absolute Gasteiger partial charge is 0.167 e. The largest absolute Gasteiger partial charge is 0.353 e. The van der Waals surface area contributed by atoms with E-state index in [1.54, 1.807) is 0 Å². The highest BCUT2D eigenvalue weighted by Gasteiger charge is 2.27. The van der Waals surface area contributed by atoms with Crippen molar-refractivity contribution < 1.29 is 13.9 Å². The van der Waals surface area contributed by atoms with Crippen LogP contribution in [-0.4, -0.2) is 26.2 Å². The van der Waals surface area contributed by atoms with Crippen LogP contribution in [0.25, 0.3) is 0 Å². The van der Waals surface area contributed by atoms with Crippen molar-refractivity contribution in [1.82, 2.24) is 0 Å². The van der Waals surface area contributed by atoms with Crippen LogP contribution in [-0.2, 0) is 9.47 Å². The molecule has 1 atom stereocenters. The van der Waals surface area contributed by atoms with Gasteiger partial charge in [0.2, 0.25) is 0 Å². The Hall–Kier alpha value is -0.150. The van der Waals surface area contributed by atoms with Gasteiger partial charge < -0.3 is 9.47 Å². The highest BCUT2D eigenvalue weighted by atomic mass is 19.1. The van der Waals surface area contributed by atoms with E-state index in [4.69, 9.17) is 9.47 Å². The van der Waals surface area contributed by atoms with Crippen LogP contribution in [0.15, 0.2) is 0 Å². The summed E-state index contributed by atoms with van der Waals surface area (Å²) >= 11 is 0. The van der Waals surface area contributed by atoms with E-state index in [0.717, 1.165) is 38.7 Å². The van der Waals surface area contributed by atoms with Gasteiger partial charge in [-0.1, -0.05) is 129 Å². The van der Waals surface area contributed by atoms with Gasteiger partial charge in [0.1, 0.15) is 0 Å². The van der Waals surface area contributed by atoms with E-state index < -0.39 is 0 Å². The number of alkyl halides is 1. The van der Waals surface area contributed by atoms with Crippen molar-refractivity contribution in [3.63, 3.8) is 0 Å². The number of unbranched alkanes of at least 4 members (excludes halogenated alkanes) is 19. The molecule has 0 aliphatic heterocycles. The molecule has 3 heteroatoms. The third-order valence-corrected chi connectivity index (χ3v) is 6.96. The highest BCUT2D eigenvalue weighted by molar-refractivity contribution is 4.68. The molecule has 0 aromatic heterocycles. The molecule has 0 aliphatic carbocycles. The average Bonchev–Trinajstić information content (AvgIpc) is 2.82. The molecule has 0 rings (SSSR count). The van der Waals surface area contributed by atoms with Crippen molar-refractivity contribution in [1.29, 1.82) is 0 Å². The zero-order valence-corrected chi connectivity index (χ0v) is 22.4. The molecule has 1 unspecified atom stereocenters. The van der Waals surface area contributed by atoms with Gasteiger partial charge in [-0.2, -0.15) is 0 Å². The zero-order chi connectivity index (χ0) is 23.6. The molecule has 0 radical (unpaired) electrons. The lowest BCUT2D eigenvalue weighted by molar-refractivity contribution is -0.229. The lowest BCUT2D eigenvalue weighted by Gasteiger charge is -2.31. The minimum Gasteiger partial charge on any atom is -0.353 e. The number of methoxy groups -OCH3 is 1.